The molecule has 0 atom stereocenters. The van der Waals surface area contributed by atoms with Gasteiger partial charge in [0.25, 0.3) is 0 Å². The number of anilines is 2. The second-order valence-corrected chi connectivity index (χ2v) is 4.10. The lowest BCUT2D eigenvalue weighted by Gasteiger charge is -2.07. The normalized spacial score (nSPS) is 10.1. The minimum atomic E-state index is -1.15. The highest BCUT2D eigenvalue weighted by Crippen LogP contribution is 2.19. The monoisotopic (exact) mass is 277 g/mol. The summed E-state index contributed by atoms with van der Waals surface area (Å²) in [6.07, 6.45) is 1.38. The van der Waals surface area contributed by atoms with Crippen LogP contribution >= 0.6 is 0 Å². The van der Waals surface area contributed by atoms with E-state index in [4.69, 9.17) is 5.11 Å². The van der Waals surface area contributed by atoms with Crippen LogP contribution in [0.15, 0.2) is 30.5 Å². The molecule has 0 fully saturated rings. The molecule has 0 bridgehead atoms. The number of benzene rings is 1. The summed E-state index contributed by atoms with van der Waals surface area (Å²) >= 11 is 0. The molecule has 0 aliphatic heterocycles. The van der Waals surface area contributed by atoms with Crippen molar-refractivity contribution in [3.63, 3.8) is 0 Å². The Morgan fingerprint density at radius 2 is 2.05 bits per heavy atom. The number of H-pyrrole nitrogens is 1. The summed E-state index contributed by atoms with van der Waals surface area (Å²) in [5.74, 6) is -1.63. The molecule has 1 aromatic carbocycles. The van der Waals surface area contributed by atoms with Gasteiger partial charge in [-0.2, -0.15) is 0 Å². The van der Waals surface area contributed by atoms with E-state index in [1.54, 1.807) is 6.92 Å². The first-order valence-corrected chi connectivity index (χ1v) is 5.72. The molecule has 0 aliphatic rings. The fraction of sp³-hybridized carbons (Fsp3) is 0.0769. The van der Waals surface area contributed by atoms with Crippen molar-refractivity contribution >= 4 is 23.4 Å². The zero-order valence-electron chi connectivity index (χ0n) is 10.5. The molecule has 0 saturated carbocycles. The fourth-order valence-corrected chi connectivity index (χ4v) is 1.75. The molecular formula is C13H12FN3O3. The molecule has 6 nitrogen and oxygen atoms in total. The topological polar surface area (TPSA) is 94.2 Å². The molecule has 0 unspecified atom stereocenters. The third-order valence-electron chi connectivity index (χ3n) is 2.62. The van der Waals surface area contributed by atoms with Crippen molar-refractivity contribution in [3.8, 4) is 0 Å². The van der Waals surface area contributed by atoms with E-state index in [2.05, 4.69) is 15.6 Å². The lowest BCUT2D eigenvalue weighted by molar-refractivity contribution is 0.0697. The first-order valence-electron chi connectivity index (χ1n) is 5.72. The number of hydrogen-bond acceptors (Lipinski definition) is 2. The molecule has 104 valence electrons. The van der Waals surface area contributed by atoms with E-state index in [1.165, 1.54) is 24.4 Å². The summed E-state index contributed by atoms with van der Waals surface area (Å²) in [4.78, 5) is 25.5. The Labute approximate surface area is 113 Å². The van der Waals surface area contributed by atoms with Crippen molar-refractivity contribution in [1.82, 2.24) is 4.98 Å². The number of aryl methyl sites for hydroxylation is 1. The number of nitrogens with one attached hydrogen (secondary N) is 3. The molecule has 0 radical (unpaired) electrons. The van der Waals surface area contributed by atoms with Gasteiger partial charge in [0.2, 0.25) is 0 Å². The highest BCUT2D eigenvalue weighted by atomic mass is 19.1. The first kappa shape index (κ1) is 13.6. The van der Waals surface area contributed by atoms with E-state index >= 15 is 0 Å². The number of rotatable bonds is 3. The van der Waals surface area contributed by atoms with Crippen molar-refractivity contribution in [3.05, 3.63) is 47.5 Å². The fourth-order valence-electron chi connectivity index (χ4n) is 1.75. The SMILES string of the molecule is Cc1[nH]cc(NC(=O)Nc2cccc(F)c2)c1C(=O)O. The van der Waals surface area contributed by atoms with Crippen LogP contribution in [0.3, 0.4) is 0 Å². The Balaban J connectivity index is 2.11. The first-order chi connectivity index (χ1) is 9.47. The molecule has 4 N–H and O–H groups in total. The van der Waals surface area contributed by atoms with Crippen LogP contribution in [0, 0.1) is 12.7 Å². The Hall–Kier alpha value is -2.83. The largest absolute Gasteiger partial charge is 0.478 e. The number of halogens is 1. The number of aromatic nitrogens is 1. The maximum atomic E-state index is 13.0. The highest BCUT2D eigenvalue weighted by Gasteiger charge is 2.17. The van der Waals surface area contributed by atoms with Crippen LogP contribution in [0.1, 0.15) is 16.1 Å². The molecule has 2 aromatic rings. The Kier molecular flexibility index (Phi) is 3.69. The predicted molar refractivity (Wildman–Crippen MR) is 71.5 cm³/mol. The average Bonchev–Trinajstić information content (AvgIpc) is 2.70. The molecular weight excluding hydrogens is 265 g/mol. The Morgan fingerprint density at radius 3 is 2.70 bits per heavy atom. The molecule has 1 heterocycles. The van der Waals surface area contributed by atoms with Gasteiger partial charge < -0.3 is 20.7 Å². The number of carboxylic acids is 1. The third-order valence-corrected chi connectivity index (χ3v) is 2.62. The molecule has 2 rings (SSSR count). The maximum absolute atomic E-state index is 13.0. The molecule has 1 aromatic heterocycles. The number of hydrogen-bond donors (Lipinski definition) is 4. The van der Waals surface area contributed by atoms with Crippen LogP contribution in [0.2, 0.25) is 0 Å². The summed E-state index contributed by atoms with van der Waals surface area (Å²) in [6.45, 7) is 1.58. The second kappa shape index (κ2) is 5.43. The van der Waals surface area contributed by atoms with Crippen molar-refractivity contribution in [2.24, 2.45) is 0 Å². The minimum Gasteiger partial charge on any atom is -0.478 e. The van der Waals surface area contributed by atoms with Gasteiger partial charge in [-0.1, -0.05) is 6.07 Å². The lowest BCUT2D eigenvalue weighted by atomic mass is 10.2. The van der Waals surface area contributed by atoms with Gasteiger partial charge in [-0.3, -0.25) is 0 Å². The summed E-state index contributed by atoms with van der Waals surface area (Å²) < 4.78 is 13.0. The van der Waals surface area contributed by atoms with Crippen molar-refractivity contribution in [1.29, 1.82) is 0 Å². The highest BCUT2D eigenvalue weighted by molar-refractivity contribution is 6.05. The number of urea groups is 1. The van der Waals surface area contributed by atoms with Crippen LogP contribution in [0.5, 0.6) is 0 Å². The van der Waals surface area contributed by atoms with Gasteiger partial charge in [-0.15, -0.1) is 0 Å². The van der Waals surface area contributed by atoms with E-state index in [-0.39, 0.29) is 16.9 Å². The lowest BCUT2D eigenvalue weighted by Crippen LogP contribution is -2.20. The molecule has 7 heteroatoms. The zero-order valence-corrected chi connectivity index (χ0v) is 10.5. The summed E-state index contributed by atoms with van der Waals surface area (Å²) in [7, 11) is 0. The van der Waals surface area contributed by atoms with Crippen LogP contribution < -0.4 is 10.6 Å². The number of carbonyl (C=O) groups is 2. The van der Waals surface area contributed by atoms with Gasteiger partial charge >= 0.3 is 12.0 Å². The summed E-state index contributed by atoms with van der Waals surface area (Å²) in [5, 5.41) is 13.8. The number of carbonyl (C=O) groups excluding carboxylic acids is 1. The van der Waals surface area contributed by atoms with Crippen LogP contribution in [-0.4, -0.2) is 22.1 Å². The average molecular weight is 277 g/mol. The minimum absolute atomic E-state index is 0.0145. The van der Waals surface area contributed by atoms with E-state index in [0.29, 0.717) is 5.69 Å². The van der Waals surface area contributed by atoms with Crippen LogP contribution in [-0.2, 0) is 0 Å². The van der Waals surface area contributed by atoms with Gasteiger partial charge in [0.05, 0.1) is 5.69 Å². The predicted octanol–water partition coefficient (Wildman–Crippen LogP) is 2.80. The Bertz CT molecular complexity index is 667. The summed E-state index contributed by atoms with van der Waals surface area (Å²) in [6, 6.07) is 4.72. The van der Waals surface area contributed by atoms with Crippen molar-refractivity contribution < 1.29 is 19.1 Å². The molecule has 20 heavy (non-hydrogen) atoms. The summed E-state index contributed by atoms with van der Waals surface area (Å²) in [5.41, 5.74) is 0.827. The van der Waals surface area contributed by atoms with Crippen molar-refractivity contribution in [2.75, 3.05) is 10.6 Å². The maximum Gasteiger partial charge on any atom is 0.339 e. The van der Waals surface area contributed by atoms with E-state index in [1.807, 2.05) is 0 Å². The van der Waals surface area contributed by atoms with Gasteiger partial charge in [-0.25, -0.2) is 14.0 Å². The van der Waals surface area contributed by atoms with Gasteiger partial charge in [0.1, 0.15) is 11.4 Å². The van der Waals surface area contributed by atoms with Gasteiger partial charge in [0.15, 0.2) is 0 Å². The standard InChI is InChI=1S/C13H12FN3O3/c1-7-11(12(18)19)10(6-15-7)17-13(20)16-9-4-2-3-8(14)5-9/h2-6,15H,1H3,(H,18,19)(H2,16,17,20). The molecule has 0 aliphatic carbocycles. The molecule has 2 amide bonds. The van der Waals surface area contributed by atoms with E-state index in [9.17, 15) is 14.0 Å². The Morgan fingerprint density at radius 1 is 1.30 bits per heavy atom. The number of amides is 2. The number of carboxylic acid groups (broad SMARTS) is 1. The number of aromatic carboxylic acids is 1. The van der Waals surface area contributed by atoms with Crippen LogP contribution in [0.25, 0.3) is 0 Å². The van der Waals surface area contributed by atoms with E-state index in [0.717, 1.165) is 6.07 Å². The number of aromatic amines is 1. The van der Waals surface area contributed by atoms with Crippen LogP contribution in [0.4, 0.5) is 20.6 Å². The molecule has 0 spiro atoms. The molecule has 0 saturated heterocycles. The second-order valence-electron chi connectivity index (χ2n) is 4.10. The van der Waals surface area contributed by atoms with Gasteiger partial charge in [0, 0.05) is 17.6 Å². The van der Waals surface area contributed by atoms with E-state index < -0.39 is 17.8 Å². The smallest absolute Gasteiger partial charge is 0.339 e. The zero-order chi connectivity index (χ0) is 14.7. The van der Waals surface area contributed by atoms with Crippen molar-refractivity contribution in [2.45, 2.75) is 6.92 Å². The van der Waals surface area contributed by atoms with Gasteiger partial charge in [-0.05, 0) is 25.1 Å². The third kappa shape index (κ3) is 2.94. The quantitative estimate of drug-likeness (QED) is 0.694.